The number of rotatable bonds is 11. The molecule has 166 valence electrons. The molecule has 0 amide bonds. The Bertz CT molecular complexity index is 855. The summed E-state index contributed by atoms with van der Waals surface area (Å²) in [6.45, 7) is 1.92. The molecule has 2 aromatic rings. The predicted octanol–water partition coefficient (Wildman–Crippen LogP) is 3.20. The topological polar surface area (TPSA) is 96.4 Å². The number of nitrogens with one attached hydrogen (secondary N) is 2. The summed E-state index contributed by atoms with van der Waals surface area (Å²) in [6, 6.07) is 9.39. The Hall–Kier alpha value is -2.51. The molecular formula is C24H32N4O3. The van der Waals surface area contributed by atoms with Crippen molar-refractivity contribution in [3.63, 3.8) is 0 Å². The number of anilines is 1. The zero-order valence-corrected chi connectivity index (χ0v) is 17.9. The van der Waals surface area contributed by atoms with E-state index in [0.717, 1.165) is 50.2 Å². The van der Waals surface area contributed by atoms with Crippen LogP contribution in [0, 0.1) is 5.92 Å². The molecule has 7 heteroatoms. The zero-order chi connectivity index (χ0) is 21.5. The van der Waals surface area contributed by atoms with E-state index in [1.54, 1.807) is 6.20 Å². The van der Waals surface area contributed by atoms with Crippen molar-refractivity contribution < 1.29 is 14.6 Å². The van der Waals surface area contributed by atoms with Gasteiger partial charge in [0.25, 0.3) is 0 Å². The van der Waals surface area contributed by atoms with Crippen molar-refractivity contribution in [1.82, 2.24) is 15.3 Å². The van der Waals surface area contributed by atoms with E-state index in [-0.39, 0.29) is 6.10 Å². The fourth-order valence-electron chi connectivity index (χ4n) is 4.30. The highest BCUT2D eigenvalue weighted by Gasteiger charge is 2.30. The number of fused-ring (bicyclic) bond motifs is 1. The fourth-order valence-corrected chi connectivity index (χ4v) is 4.30. The summed E-state index contributed by atoms with van der Waals surface area (Å²) in [7, 11) is 0. The number of aliphatic carboxylic acids is 1. The van der Waals surface area contributed by atoms with Gasteiger partial charge in [0.15, 0.2) is 0 Å². The Balaban J connectivity index is 1.11. The van der Waals surface area contributed by atoms with Gasteiger partial charge in [-0.25, -0.2) is 4.98 Å². The Labute approximate surface area is 183 Å². The third-order valence-corrected chi connectivity index (χ3v) is 6.27. The first-order valence-electron chi connectivity index (χ1n) is 11.4. The third kappa shape index (κ3) is 6.24. The molecule has 0 saturated heterocycles. The van der Waals surface area contributed by atoms with Gasteiger partial charge in [0.1, 0.15) is 11.9 Å². The summed E-state index contributed by atoms with van der Waals surface area (Å²) in [5.41, 5.74) is 3.34. The number of nitrogens with zero attached hydrogens (tertiary/aromatic N) is 2. The number of hydrogen-bond acceptors (Lipinski definition) is 6. The smallest absolute Gasteiger partial charge is 0.320 e. The molecule has 3 N–H and O–H groups in total. The summed E-state index contributed by atoms with van der Waals surface area (Å²) >= 11 is 0. The fraction of sp³-hybridized carbons (Fsp3) is 0.542. The summed E-state index contributed by atoms with van der Waals surface area (Å²) < 4.78 is 5.92. The maximum absolute atomic E-state index is 11.5. The van der Waals surface area contributed by atoms with Crippen LogP contribution < -0.4 is 10.6 Å². The maximum atomic E-state index is 11.5. The van der Waals surface area contributed by atoms with E-state index in [9.17, 15) is 9.90 Å². The number of ether oxygens (including phenoxy) is 1. The number of aryl methyl sites for hydroxylation is 2. The minimum absolute atomic E-state index is 0.258. The van der Waals surface area contributed by atoms with Gasteiger partial charge in [-0.05, 0) is 74.6 Å². The Morgan fingerprint density at radius 3 is 2.97 bits per heavy atom. The molecule has 1 aliphatic carbocycles. The number of aromatic nitrogens is 2. The molecule has 0 aromatic carbocycles. The van der Waals surface area contributed by atoms with Crippen LogP contribution in [0.4, 0.5) is 5.82 Å². The monoisotopic (exact) mass is 424 g/mol. The molecule has 1 aliphatic heterocycles. The van der Waals surface area contributed by atoms with Crippen LogP contribution in [0.5, 0.6) is 0 Å². The van der Waals surface area contributed by atoms with Crippen LogP contribution in [0.3, 0.4) is 0 Å². The second kappa shape index (κ2) is 10.7. The first-order chi connectivity index (χ1) is 15.2. The molecule has 1 atom stereocenters. The van der Waals surface area contributed by atoms with Crippen LogP contribution in [0.15, 0.2) is 36.5 Å². The SMILES string of the molecule is O=C(O)[C@H](CCO[C@H]1C[C@H](CCc2ccc3c(n2)NCCC3)C1)NCc1ccccn1. The van der Waals surface area contributed by atoms with Crippen molar-refractivity contribution in [2.24, 2.45) is 5.92 Å². The van der Waals surface area contributed by atoms with Crippen molar-refractivity contribution in [3.8, 4) is 0 Å². The van der Waals surface area contributed by atoms with Crippen LogP contribution in [-0.4, -0.2) is 46.3 Å². The highest BCUT2D eigenvalue weighted by Crippen LogP contribution is 2.34. The van der Waals surface area contributed by atoms with Gasteiger partial charge >= 0.3 is 5.97 Å². The van der Waals surface area contributed by atoms with E-state index >= 15 is 0 Å². The highest BCUT2D eigenvalue weighted by atomic mass is 16.5. The first-order valence-corrected chi connectivity index (χ1v) is 11.4. The zero-order valence-electron chi connectivity index (χ0n) is 17.9. The summed E-state index contributed by atoms with van der Waals surface area (Å²) in [5.74, 6) is 0.898. The standard InChI is InChI=1S/C24H32N4O3/c29-24(30)22(27-16-20-5-1-2-11-25-20)10-13-31-21-14-17(15-21)6-8-19-9-7-18-4-3-12-26-23(18)28-19/h1-2,5,7,9,11,17,21-22,27H,3-4,6,8,10,12-16H2,(H,26,28)(H,29,30)/t17-,21-,22-/m0/s1. The van der Waals surface area contributed by atoms with Crippen molar-refractivity contribution >= 4 is 11.8 Å². The normalized spacial score (nSPS) is 20.9. The molecule has 31 heavy (non-hydrogen) atoms. The second-order valence-electron chi connectivity index (χ2n) is 8.59. The van der Waals surface area contributed by atoms with Gasteiger partial charge in [0, 0.05) is 31.6 Å². The summed E-state index contributed by atoms with van der Waals surface area (Å²) in [5, 5.41) is 15.9. The van der Waals surface area contributed by atoms with Gasteiger partial charge in [0.05, 0.1) is 11.8 Å². The lowest BCUT2D eigenvalue weighted by molar-refractivity contribution is -0.140. The van der Waals surface area contributed by atoms with Crippen molar-refractivity contribution in [2.45, 2.75) is 63.6 Å². The van der Waals surface area contributed by atoms with Crippen LogP contribution in [-0.2, 0) is 28.9 Å². The van der Waals surface area contributed by atoms with E-state index in [1.165, 1.54) is 17.7 Å². The van der Waals surface area contributed by atoms with Crippen molar-refractivity contribution in [1.29, 1.82) is 0 Å². The molecule has 1 fully saturated rings. The summed E-state index contributed by atoms with van der Waals surface area (Å²) in [6.07, 6.45) is 8.98. The Morgan fingerprint density at radius 1 is 1.26 bits per heavy atom. The lowest BCUT2D eigenvalue weighted by Crippen LogP contribution is -2.38. The van der Waals surface area contributed by atoms with Crippen LogP contribution in [0.25, 0.3) is 0 Å². The molecule has 3 heterocycles. The molecule has 0 spiro atoms. The first kappa shape index (κ1) is 21.7. The van der Waals surface area contributed by atoms with E-state index in [0.29, 0.717) is 25.5 Å². The molecule has 2 aliphatic rings. The minimum Gasteiger partial charge on any atom is -0.480 e. The van der Waals surface area contributed by atoms with Crippen LogP contribution in [0.1, 0.15) is 49.1 Å². The molecule has 4 rings (SSSR count). The van der Waals surface area contributed by atoms with E-state index in [1.807, 2.05) is 18.2 Å². The quantitative estimate of drug-likeness (QED) is 0.510. The van der Waals surface area contributed by atoms with E-state index in [2.05, 4.69) is 27.8 Å². The highest BCUT2D eigenvalue weighted by molar-refractivity contribution is 5.73. The lowest BCUT2D eigenvalue weighted by atomic mass is 9.79. The van der Waals surface area contributed by atoms with Gasteiger partial charge in [-0.3, -0.25) is 15.1 Å². The van der Waals surface area contributed by atoms with Gasteiger partial charge < -0.3 is 15.2 Å². The Kier molecular flexibility index (Phi) is 7.48. The number of carboxylic acid groups (broad SMARTS) is 1. The average Bonchev–Trinajstić information content (AvgIpc) is 2.77. The molecule has 7 nitrogen and oxygen atoms in total. The van der Waals surface area contributed by atoms with Gasteiger partial charge in [0.2, 0.25) is 0 Å². The van der Waals surface area contributed by atoms with Crippen LogP contribution >= 0.6 is 0 Å². The summed E-state index contributed by atoms with van der Waals surface area (Å²) in [4.78, 5) is 20.5. The number of carboxylic acids is 1. The minimum atomic E-state index is -0.849. The van der Waals surface area contributed by atoms with Gasteiger partial charge in [-0.2, -0.15) is 0 Å². The largest absolute Gasteiger partial charge is 0.480 e. The maximum Gasteiger partial charge on any atom is 0.320 e. The Morgan fingerprint density at radius 2 is 2.16 bits per heavy atom. The van der Waals surface area contributed by atoms with Crippen molar-refractivity contribution in [3.05, 3.63) is 53.5 Å². The second-order valence-corrected chi connectivity index (χ2v) is 8.59. The van der Waals surface area contributed by atoms with Crippen molar-refractivity contribution in [2.75, 3.05) is 18.5 Å². The molecule has 0 unspecified atom stereocenters. The number of hydrogen-bond donors (Lipinski definition) is 3. The molecule has 2 aromatic heterocycles. The lowest BCUT2D eigenvalue weighted by Gasteiger charge is -2.35. The number of carbonyl (C=O) groups is 1. The average molecular weight is 425 g/mol. The molecule has 1 saturated carbocycles. The van der Waals surface area contributed by atoms with Gasteiger partial charge in [-0.15, -0.1) is 0 Å². The van der Waals surface area contributed by atoms with E-state index in [4.69, 9.17) is 9.72 Å². The third-order valence-electron chi connectivity index (χ3n) is 6.27. The van der Waals surface area contributed by atoms with Crippen LogP contribution in [0.2, 0.25) is 0 Å². The van der Waals surface area contributed by atoms with Gasteiger partial charge in [-0.1, -0.05) is 12.1 Å². The van der Waals surface area contributed by atoms with E-state index < -0.39 is 12.0 Å². The predicted molar refractivity (Wildman–Crippen MR) is 119 cm³/mol. The molecule has 0 bridgehead atoms. The molecular weight excluding hydrogens is 392 g/mol. The number of pyridine rings is 2. The molecule has 0 radical (unpaired) electrons.